The topological polar surface area (TPSA) is 24.5 Å². The van der Waals surface area contributed by atoms with Crippen molar-refractivity contribution in [1.82, 2.24) is 5.32 Å². The zero-order valence-corrected chi connectivity index (χ0v) is 13.9. The summed E-state index contributed by atoms with van der Waals surface area (Å²) in [7, 11) is 0. The van der Waals surface area contributed by atoms with E-state index in [0.717, 1.165) is 36.8 Å². The predicted molar refractivity (Wildman–Crippen MR) is 86.2 cm³/mol. The Kier molecular flexibility index (Phi) is 4.07. The smallest absolute Gasteiger partial charge is 0.0694 e. The van der Waals surface area contributed by atoms with Gasteiger partial charge in [-0.1, -0.05) is 15.9 Å². The maximum atomic E-state index is 5.64. The molecule has 1 aromatic carbocycles. The van der Waals surface area contributed by atoms with Crippen molar-refractivity contribution in [1.29, 1.82) is 0 Å². The predicted octanol–water partition coefficient (Wildman–Crippen LogP) is 3.32. The average Bonchev–Trinajstić information content (AvgIpc) is 3.21. The molecule has 1 N–H and O–H groups in total. The number of hydrogen-bond donors (Lipinski definition) is 1. The van der Waals surface area contributed by atoms with Crippen LogP contribution in [0.2, 0.25) is 0 Å². The van der Waals surface area contributed by atoms with Crippen LogP contribution in [0, 0.1) is 0 Å². The fourth-order valence-electron chi connectivity index (χ4n) is 2.81. The van der Waals surface area contributed by atoms with Gasteiger partial charge in [-0.15, -0.1) is 0 Å². The van der Waals surface area contributed by atoms with Gasteiger partial charge in [-0.05, 0) is 50.5 Å². The van der Waals surface area contributed by atoms with Crippen LogP contribution >= 0.6 is 15.9 Å². The highest BCUT2D eigenvalue weighted by atomic mass is 79.9. The second kappa shape index (κ2) is 5.66. The molecule has 0 radical (unpaired) electrons. The second-order valence-corrected chi connectivity index (χ2v) is 7.36. The molecule has 0 amide bonds. The van der Waals surface area contributed by atoms with Crippen molar-refractivity contribution in [3.63, 3.8) is 0 Å². The van der Waals surface area contributed by atoms with Crippen molar-refractivity contribution in [2.24, 2.45) is 0 Å². The molecule has 0 aromatic heterocycles. The Hall–Kier alpha value is -0.580. The lowest BCUT2D eigenvalue weighted by Gasteiger charge is -2.44. The summed E-state index contributed by atoms with van der Waals surface area (Å²) in [6.07, 6.45) is 2.65. The molecule has 3 nitrogen and oxygen atoms in total. The second-order valence-electron chi connectivity index (χ2n) is 6.44. The molecule has 20 heavy (non-hydrogen) atoms. The Bertz CT molecular complexity index is 485. The van der Waals surface area contributed by atoms with Crippen LogP contribution in [0.3, 0.4) is 0 Å². The lowest BCUT2D eigenvalue weighted by atomic mass is 9.99. The Morgan fingerprint density at radius 3 is 2.90 bits per heavy atom. The molecule has 1 heterocycles. The van der Waals surface area contributed by atoms with Gasteiger partial charge >= 0.3 is 0 Å². The van der Waals surface area contributed by atoms with Crippen molar-refractivity contribution in [3.8, 4) is 0 Å². The van der Waals surface area contributed by atoms with Gasteiger partial charge in [-0.25, -0.2) is 0 Å². The summed E-state index contributed by atoms with van der Waals surface area (Å²) in [4.78, 5) is 2.49. The van der Waals surface area contributed by atoms with E-state index in [1.807, 2.05) is 0 Å². The van der Waals surface area contributed by atoms with Gasteiger partial charge in [0.05, 0.1) is 18.8 Å². The van der Waals surface area contributed by atoms with Gasteiger partial charge in [0.25, 0.3) is 0 Å². The standard InChI is InChI=1S/C16H23BrN2O/c1-16(2)11-20-8-7-19(16)15-6-3-13(17)9-12(15)10-18-14-4-5-14/h3,6,9,14,18H,4-5,7-8,10-11H2,1-2H3. The van der Waals surface area contributed by atoms with Gasteiger partial charge in [0.2, 0.25) is 0 Å². The Labute approximate surface area is 129 Å². The molecule has 1 aliphatic carbocycles. The fourth-order valence-corrected chi connectivity index (χ4v) is 3.21. The number of benzene rings is 1. The third-order valence-electron chi connectivity index (χ3n) is 4.14. The number of nitrogens with zero attached hydrogens (tertiary/aromatic N) is 1. The van der Waals surface area contributed by atoms with Gasteiger partial charge in [0, 0.05) is 29.3 Å². The minimum Gasteiger partial charge on any atom is -0.377 e. The van der Waals surface area contributed by atoms with E-state index in [0.29, 0.717) is 0 Å². The summed E-state index contributed by atoms with van der Waals surface area (Å²) >= 11 is 3.60. The lowest BCUT2D eigenvalue weighted by molar-refractivity contribution is 0.0643. The Balaban J connectivity index is 1.86. The summed E-state index contributed by atoms with van der Waals surface area (Å²) < 4.78 is 6.79. The van der Waals surface area contributed by atoms with E-state index in [4.69, 9.17) is 4.74 Å². The first-order chi connectivity index (χ1) is 9.56. The van der Waals surface area contributed by atoms with Crippen molar-refractivity contribution in [2.75, 3.05) is 24.7 Å². The van der Waals surface area contributed by atoms with Crippen LogP contribution in [0.1, 0.15) is 32.3 Å². The summed E-state index contributed by atoms with van der Waals surface area (Å²) in [5.41, 5.74) is 2.77. The van der Waals surface area contributed by atoms with Crippen LogP contribution in [0.5, 0.6) is 0 Å². The SMILES string of the molecule is CC1(C)COCCN1c1ccc(Br)cc1CNC1CC1. The first-order valence-corrected chi connectivity index (χ1v) is 8.23. The van der Waals surface area contributed by atoms with Crippen LogP contribution in [-0.2, 0) is 11.3 Å². The first kappa shape index (κ1) is 14.4. The maximum Gasteiger partial charge on any atom is 0.0694 e. The zero-order valence-electron chi connectivity index (χ0n) is 12.3. The molecule has 110 valence electrons. The molecule has 0 bridgehead atoms. The van der Waals surface area contributed by atoms with Gasteiger partial charge in [0.1, 0.15) is 0 Å². The molecule has 0 unspecified atom stereocenters. The summed E-state index contributed by atoms with van der Waals surface area (Å²) in [5.74, 6) is 0. The number of rotatable bonds is 4. The van der Waals surface area contributed by atoms with Crippen LogP contribution < -0.4 is 10.2 Å². The number of morpholine rings is 1. The minimum atomic E-state index is 0.0560. The average molecular weight is 339 g/mol. The highest BCUT2D eigenvalue weighted by Crippen LogP contribution is 2.32. The molecule has 1 saturated carbocycles. The number of anilines is 1. The molecule has 1 saturated heterocycles. The molecule has 1 aliphatic heterocycles. The van der Waals surface area contributed by atoms with Crippen LogP contribution in [0.25, 0.3) is 0 Å². The van der Waals surface area contributed by atoms with Crippen LogP contribution in [0.15, 0.2) is 22.7 Å². The molecular formula is C16H23BrN2O. The van der Waals surface area contributed by atoms with Gasteiger partial charge in [0.15, 0.2) is 0 Å². The zero-order chi connectivity index (χ0) is 14.2. The van der Waals surface area contributed by atoms with E-state index < -0.39 is 0 Å². The summed E-state index contributed by atoms with van der Waals surface area (Å²) in [5, 5.41) is 3.63. The van der Waals surface area contributed by atoms with Crippen molar-refractivity contribution in [2.45, 2.75) is 44.8 Å². The van der Waals surface area contributed by atoms with Gasteiger partial charge < -0.3 is 15.0 Å². The van der Waals surface area contributed by atoms with Crippen molar-refractivity contribution >= 4 is 21.6 Å². The van der Waals surface area contributed by atoms with Crippen molar-refractivity contribution < 1.29 is 4.74 Å². The minimum absolute atomic E-state index is 0.0560. The highest BCUT2D eigenvalue weighted by Gasteiger charge is 2.32. The van der Waals surface area contributed by atoms with E-state index in [1.54, 1.807) is 0 Å². The molecule has 1 aromatic rings. The quantitative estimate of drug-likeness (QED) is 0.911. The molecular weight excluding hydrogens is 316 g/mol. The molecule has 0 spiro atoms. The van der Waals surface area contributed by atoms with Crippen LogP contribution in [-0.4, -0.2) is 31.3 Å². The van der Waals surface area contributed by atoms with Gasteiger partial charge in [-0.2, -0.15) is 0 Å². The number of nitrogens with one attached hydrogen (secondary N) is 1. The van der Waals surface area contributed by atoms with Crippen LogP contribution in [0.4, 0.5) is 5.69 Å². The van der Waals surface area contributed by atoms with Gasteiger partial charge in [-0.3, -0.25) is 0 Å². The fraction of sp³-hybridized carbons (Fsp3) is 0.625. The molecule has 3 rings (SSSR count). The molecule has 0 atom stereocenters. The van der Waals surface area contributed by atoms with Crippen molar-refractivity contribution in [3.05, 3.63) is 28.2 Å². The third-order valence-corrected chi connectivity index (χ3v) is 4.63. The summed E-state index contributed by atoms with van der Waals surface area (Å²) in [6, 6.07) is 7.36. The maximum absolute atomic E-state index is 5.64. The molecule has 2 fully saturated rings. The number of ether oxygens (including phenoxy) is 1. The van der Waals surface area contributed by atoms with E-state index in [9.17, 15) is 0 Å². The summed E-state index contributed by atoms with van der Waals surface area (Å²) in [6.45, 7) is 8.03. The van der Waals surface area contributed by atoms with E-state index in [2.05, 4.69) is 58.2 Å². The Morgan fingerprint density at radius 2 is 2.20 bits per heavy atom. The lowest BCUT2D eigenvalue weighted by Crippen LogP contribution is -2.53. The molecule has 4 heteroatoms. The first-order valence-electron chi connectivity index (χ1n) is 7.43. The largest absolute Gasteiger partial charge is 0.377 e. The van der Waals surface area contributed by atoms with E-state index in [1.165, 1.54) is 24.1 Å². The third kappa shape index (κ3) is 3.18. The van der Waals surface area contributed by atoms with E-state index in [-0.39, 0.29) is 5.54 Å². The van der Waals surface area contributed by atoms with E-state index >= 15 is 0 Å². The number of halogens is 1. The highest BCUT2D eigenvalue weighted by molar-refractivity contribution is 9.10. The Morgan fingerprint density at radius 1 is 1.40 bits per heavy atom. The molecule has 2 aliphatic rings. The monoisotopic (exact) mass is 338 g/mol. The normalized spacial score (nSPS) is 22.1. The number of hydrogen-bond acceptors (Lipinski definition) is 3.